The Morgan fingerprint density at radius 3 is 2.56 bits per heavy atom. The van der Waals surface area contributed by atoms with Gasteiger partial charge in [0.1, 0.15) is 0 Å². The van der Waals surface area contributed by atoms with Gasteiger partial charge >= 0.3 is 0 Å². The first-order chi connectivity index (χ1) is 7.50. The minimum Gasteiger partial charge on any atom is -0.354 e. The Hall–Kier alpha value is -1.05. The van der Waals surface area contributed by atoms with Gasteiger partial charge in [0.25, 0.3) is 0 Å². The van der Waals surface area contributed by atoms with E-state index < -0.39 is 0 Å². The third kappa shape index (κ3) is 3.84. The lowest BCUT2D eigenvalue weighted by Gasteiger charge is -2.05. The summed E-state index contributed by atoms with van der Waals surface area (Å²) in [5, 5.41) is 0. The maximum Gasteiger partial charge on any atom is 0.166 e. The summed E-state index contributed by atoms with van der Waals surface area (Å²) in [7, 11) is 0. The molecular weight excluding hydrogens is 198 g/mol. The second kappa shape index (κ2) is 5.88. The van der Waals surface area contributed by atoms with Gasteiger partial charge in [-0.3, -0.25) is 4.79 Å². The summed E-state index contributed by atoms with van der Waals surface area (Å²) in [4.78, 5) is 11.7. The van der Waals surface area contributed by atoms with Crippen molar-refractivity contribution in [2.45, 2.75) is 47.1 Å². The number of hydrogen-bond donors (Lipinski definition) is 0. The van der Waals surface area contributed by atoms with Gasteiger partial charge in [0.15, 0.2) is 5.78 Å². The lowest BCUT2D eigenvalue weighted by Crippen LogP contribution is -2.06. The summed E-state index contributed by atoms with van der Waals surface area (Å²) in [6, 6.07) is 1.93. The van der Waals surface area contributed by atoms with E-state index in [2.05, 4.69) is 18.4 Å². The molecular formula is C14H23NO. The highest BCUT2D eigenvalue weighted by molar-refractivity contribution is 5.97. The molecule has 2 nitrogen and oxygen atoms in total. The van der Waals surface area contributed by atoms with Crippen molar-refractivity contribution in [2.75, 3.05) is 0 Å². The van der Waals surface area contributed by atoms with Crippen LogP contribution in [0.2, 0.25) is 0 Å². The van der Waals surface area contributed by atoms with Crippen LogP contribution in [0.1, 0.15) is 50.9 Å². The van der Waals surface area contributed by atoms with Gasteiger partial charge in [0, 0.05) is 30.4 Å². The van der Waals surface area contributed by atoms with Crippen LogP contribution in [0.3, 0.4) is 0 Å². The van der Waals surface area contributed by atoms with E-state index in [1.807, 2.05) is 32.3 Å². The van der Waals surface area contributed by atoms with Crippen LogP contribution in [0.25, 0.3) is 0 Å². The molecule has 0 aliphatic rings. The number of carbonyl (C=O) groups is 1. The lowest BCUT2D eigenvalue weighted by molar-refractivity contribution is 0.0939. The number of carbonyl (C=O) groups excluding carboxylic acids is 1. The van der Waals surface area contributed by atoms with Crippen LogP contribution in [0.5, 0.6) is 0 Å². The number of hydrogen-bond acceptors (Lipinski definition) is 1. The molecule has 16 heavy (non-hydrogen) atoms. The van der Waals surface area contributed by atoms with Crippen LogP contribution in [-0.4, -0.2) is 10.4 Å². The molecule has 0 spiro atoms. The van der Waals surface area contributed by atoms with Crippen LogP contribution >= 0.6 is 0 Å². The van der Waals surface area contributed by atoms with E-state index in [4.69, 9.17) is 0 Å². The molecule has 0 fully saturated rings. The van der Waals surface area contributed by atoms with Crippen molar-refractivity contribution in [3.05, 3.63) is 24.0 Å². The van der Waals surface area contributed by atoms with Crippen LogP contribution in [0.15, 0.2) is 18.5 Å². The Morgan fingerprint density at radius 2 is 2.00 bits per heavy atom. The van der Waals surface area contributed by atoms with E-state index in [1.165, 1.54) is 12.8 Å². The summed E-state index contributed by atoms with van der Waals surface area (Å²) in [6.45, 7) is 9.38. The number of nitrogens with zero attached hydrogens (tertiary/aromatic N) is 1. The van der Waals surface area contributed by atoms with E-state index in [0.29, 0.717) is 0 Å². The molecule has 1 heterocycles. The summed E-state index contributed by atoms with van der Waals surface area (Å²) in [5.74, 6) is 1.08. The number of aromatic nitrogens is 1. The normalized spacial score (nSPS) is 11.4. The Labute approximate surface area is 98.7 Å². The Balaban J connectivity index is 2.48. The summed E-state index contributed by atoms with van der Waals surface area (Å²) in [6.07, 6.45) is 6.41. The van der Waals surface area contributed by atoms with Crippen molar-refractivity contribution in [1.82, 2.24) is 4.57 Å². The second-order valence-corrected chi connectivity index (χ2v) is 5.19. The average Bonchev–Trinajstić information content (AvgIpc) is 2.64. The third-order valence-electron chi connectivity index (χ3n) is 2.76. The molecule has 0 atom stereocenters. The van der Waals surface area contributed by atoms with Gasteiger partial charge < -0.3 is 4.57 Å². The van der Waals surface area contributed by atoms with Crippen molar-refractivity contribution < 1.29 is 4.79 Å². The highest BCUT2D eigenvalue weighted by Crippen LogP contribution is 2.11. The molecule has 0 bridgehead atoms. The van der Waals surface area contributed by atoms with Gasteiger partial charge in [-0.25, -0.2) is 0 Å². The predicted octanol–water partition coefficient (Wildman–Crippen LogP) is 3.76. The Morgan fingerprint density at radius 1 is 1.31 bits per heavy atom. The first kappa shape index (κ1) is 13.0. The minimum atomic E-state index is 0.0894. The first-order valence-corrected chi connectivity index (χ1v) is 6.20. The fraction of sp³-hybridized carbons (Fsp3) is 0.643. The van der Waals surface area contributed by atoms with E-state index >= 15 is 0 Å². The maximum absolute atomic E-state index is 11.7. The van der Waals surface area contributed by atoms with Gasteiger partial charge in [-0.2, -0.15) is 0 Å². The minimum absolute atomic E-state index is 0.0894. The van der Waals surface area contributed by atoms with Gasteiger partial charge in [-0.15, -0.1) is 0 Å². The molecule has 0 saturated carbocycles. The van der Waals surface area contributed by atoms with Gasteiger partial charge in [-0.1, -0.05) is 27.7 Å². The maximum atomic E-state index is 11.7. The third-order valence-corrected chi connectivity index (χ3v) is 2.76. The topological polar surface area (TPSA) is 22.0 Å². The number of rotatable bonds is 6. The van der Waals surface area contributed by atoms with Gasteiger partial charge in [-0.05, 0) is 24.8 Å². The molecule has 1 aromatic rings. The SMILES string of the molecule is CC(C)CCCn1ccc(C(=O)C(C)C)c1. The molecule has 0 aliphatic heterocycles. The van der Waals surface area contributed by atoms with Crippen LogP contribution in [-0.2, 0) is 6.54 Å². The van der Waals surface area contributed by atoms with Crippen molar-refractivity contribution in [3.8, 4) is 0 Å². The quantitative estimate of drug-likeness (QED) is 0.670. The smallest absolute Gasteiger partial charge is 0.166 e. The van der Waals surface area contributed by atoms with Crippen LogP contribution in [0, 0.1) is 11.8 Å². The highest BCUT2D eigenvalue weighted by atomic mass is 16.1. The second-order valence-electron chi connectivity index (χ2n) is 5.19. The van der Waals surface area contributed by atoms with E-state index in [9.17, 15) is 4.79 Å². The number of aryl methyl sites for hydroxylation is 1. The van der Waals surface area contributed by atoms with E-state index in [-0.39, 0.29) is 11.7 Å². The highest BCUT2D eigenvalue weighted by Gasteiger charge is 2.11. The molecule has 0 saturated heterocycles. The van der Waals surface area contributed by atoms with Gasteiger partial charge in [0.05, 0.1) is 0 Å². The monoisotopic (exact) mass is 221 g/mol. The van der Waals surface area contributed by atoms with Crippen LogP contribution < -0.4 is 0 Å². The standard InChI is InChI=1S/C14H23NO/c1-11(2)6-5-8-15-9-7-13(10-15)14(16)12(3)4/h7,9-12H,5-6,8H2,1-4H3. The van der Waals surface area contributed by atoms with Crippen molar-refractivity contribution in [1.29, 1.82) is 0 Å². The van der Waals surface area contributed by atoms with Crippen molar-refractivity contribution in [3.63, 3.8) is 0 Å². The molecule has 0 N–H and O–H groups in total. The molecule has 0 amide bonds. The Bertz CT molecular complexity index is 336. The van der Waals surface area contributed by atoms with E-state index in [0.717, 1.165) is 18.0 Å². The summed E-state index contributed by atoms with van der Waals surface area (Å²) < 4.78 is 2.12. The fourth-order valence-corrected chi connectivity index (χ4v) is 1.74. The molecule has 0 aromatic carbocycles. The molecule has 0 radical (unpaired) electrons. The number of ketones is 1. The Kier molecular flexibility index (Phi) is 4.78. The van der Waals surface area contributed by atoms with E-state index in [1.54, 1.807) is 0 Å². The zero-order valence-corrected chi connectivity index (χ0v) is 10.9. The molecule has 2 heteroatoms. The van der Waals surface area contributed by atoms with Crippen LogP contribution in [0.4, 0.5) is 0 Å². The average molecular weight is 221 g/mol. The molecule has 1 aromatic heterocycles. The zero-order chi connectivity index (χ0) is 12.1. The molecule has 0 aliphatic carbocycles. The first-order valence-electron chi connectivity index (χ1n) is 6.20. The largest absolute Gasteiger partial charge is 0.354 e. The molecule has 0 unspecified atom stereocenters. The molecule has 1 rings (SSSR count). The fourth-order valence-electron chi connectivity index (χ4n) is 1.74. The van der Waals surface area contributed by atoms with Gasteiger partial charge in [0.2, 0.25) is 0 Å². The molecule has 90 valence electrons. The zero-order valence-electron chi connectivity index (χ0n) is 10.9. The predicted molar refractivity (Wildman–Crippen MR) is 67.7 cm³/mol. The summed E-state index contributed by atoms with van der Waals surface area (Å²) >= 11 is 0. The van der Waals surface area contributed by atoms with Crippen molar-refractivity contribution >= 4 is 5.78 Å². The summed E-state index contributed by atoms with van der Waals surface area (Å²) in [5.41, 5.74) is 0.847. The number of Topliss-reactive ketones (excluding diaryl/α,β-unsaturated/α-hetero) is 1. The lowest BCUT2D eigenvalue weighted by atomic mass is 10.0. The van der Waals surface area contributed by atoms with Crippen molar-refractivity contribution in [2.24, 2.45) is 11.8 Å².